The summed E-state index contributed by atoms with van der Waals surface area (Å²) in [6.07, 6.45) is 3.23. The number of piperidine rings is 1. The van der Waals surface area contributed by atoms with Crippen LogP contribution in [0.5, 0.6) is 0 Å². The molecular weight excluding hydrogens is 352 g/mol. The Morgan fingerprint density at radius 3 is 2.81 bits per heavy atom. The van der Waals surface area contributed by atoms with Gasteiger partial charge in [0, 0.05) is 23.6 Å². The minimum Gasteiger partial charge on any atom is -0.313 e. The highest BCUT2D eigenvalue weighted by molar-refractivity contribution is 9.10. The Morgan fingerprint density at radius 1 is 1.38 bits per heavy atom. The highest BCUT2D eigenvalue weighted by Gasteiger charge is 2.44. The molecule has 2 aliphatic rings. The second-order valence-corrected chi connectivity index (χ2v) is 8.67. The molecule has 0 radical (unpaired) electrons. The van der Waals surface area contributed by atoms with Crippen LogP contribution in [-0.2, 0) is 16.6 Å². The topological polar surface area (TPSA) is 49.4 Å². The van der Waals surface area contributed by atoms with Crippen LogP contribution in [-0.4, -0.2) is 31.9 Å². The summed E-state index contributed by atoms with van der Waals surface area (Å²) < 4.78 is 28.3. The molecule has 21 heavy (non-hydrogen) atoms. The summed E-state index contributed by atoms with van der Waals surface area (Å²) in [7, 11) is -3.39. The lowest BCUT2D eigenvalue weighted by Gasteiger charge is -2.26. The molecule has 1 aromatic rings. The van der Waals surface area contributed by atoms with Crippen molar-refractivity contribution in [3.05, 3.63) is 28.2 Å². The van der Waals surface area contributed by atoms with Gasteiger partial charge in [0.25, 0.3) is 0 Å². The minimum absolute atomic E-state index is 0.212. The van der Waals surface area contributed by atoms with Crippen molar-refractivity contribution < 1.29 is 8.42 Å². The van der Waals surface area contributed by atoms with Crippen LogP contribution >= 0.6 is 15.9 Å². The van der Waals surface area contributed by atoms with E-state index in [0.717, 1.165) is 24.9 Å². The summed E-state index contributed by atoms with van der Waals surface area (Å²) in [6, 6.07) is 5.81. The van der Waals surface area contributed by atoms with Crippen molar-refractivity contribution in [2.75, 3.05) is 13.1 Å². The van der Waals surface area contributed by atoms with E-state index in [-0.39, 0.29) is 6.04 Å². The number of nitrogens with zero attached hydrogens (tertiary/aromatic N) is 1. The zero-order chi connectivity index (χ0) is 15.0. The molecule has 1 saturated heterocycles. The molecule has 1 aliphatic carbocycles. The third-order valence-corrected chi connectivity index (χ3v) is 7.43. The van der Waals surface area contributed by atoms with E-state index in [9.17, 15) is 8.42 Å². The van der Waals surface area contributed by atoms with Gasteiger partial charge in [0.15, 0.2) is 0 Å². The number of fused-ring (bicyclic) bond motifs is 2. The summed E-state index contributed by atoms with van der Waals surface area (Å²) in [5.41, 5.74) is 1.00. The van der Waals surface area contributed by atoms with Crippen LogP contribution in [0.4, 0.5) is 0 Å². The lowest BCUT2D eigenvalue weighted by Crippen LogP contribution is -2.37. The van der Waals surface area contributed by atoms with Gasteiger partial charge in [-0.05, 0) is 65.4 Å². The minimum atomic E-state index is -3.39. The number of hydrogen-bond donors (Lipinski definition) is 1. The van der Waals surface area contributed by atoms with Crippen molar-refractivity contribution in [1.29, 1.82) is 0 Å². The number of halogens is 1. The molecule has 4 nitrogen and oxygen atoms in total. The van der Waals surface area contributed by atoms with Crippen LogP contribution in [0.25, 0.3) is 0 Å². The van der Waals surface area contributed by atoms with Crippen molar-refractivity contribution in [2.24, 2.45) is 5.92 Å². The first kappa shape index (κ1) is 15.5. The molecule has 1 aromatic carbocycles. The second-order valence-electron chi connectivity index (χ2n) is 5.95. The predicted molar refractivity (Wildman–Crippen MR) is 86.5 cm³/mol. The molecule has 2 unspecified atom stereocenters. The van der Waals surface area contributed by atoms with Crippen LogP contribution in [0, 0.1) is 5.92 Å². The second kappa shape index (κ2) is 5.99. The SMILES string of the molecule is CCNCc1ccc(Br)c(S(=O)(=O)N2CC3CCC2C3)c1. The van der Waals surface area contributed by atoms with Crippen LogP contribution in [0.2, 0.25) is 0 Å². The van der Waals surface area contributed by atoms with Gasteiger partial charge in [0.1, 0.15) is 0 Å². The van der Waals surface area contributed by atoms with Gasteiger partial charge in [-0.2, -0.15) is 4.31 Å². The van der Waals surface area contributed by atoms with Crippen molar-refractivity contribution in [3.63, 3.8) is 0 Å². The Labute approximate surface area is 135 Å². The molecule has 1 N–H and O–H groups in total. The first-order chi connectivity index (χ1) is 10.0. The van der Waals surface area contributed by atoms with Gasteiger partial charge >= 0.3 is 0 Å². The molecule has 1 aliphatic heterocycles. The van der Waals surface area contributed by atoms with Crippen molar-refractivity contribution in [2.45, 2.75) is 43.7 Å². The summed E-state index contributed by atoms with van der Waals surface area (Å²) in [5, 5.41) is 3.24. The monoisotopic (exact) mass is 372 g/mol. The Morgan fingerprint density at radius 2 is 2.19 bits per heavy atom. The van der Waals surface area contributed by atoms with Crippen molar-refractivity contribution >= 4 is 26.0 Å². The van der Waals surface area contributed by atoms with Crippen LogP contribution in [0.1, 0.15) is 31.7 Å². The fraction of sp³-hybridized carbons (Fsp3) is 0.600. The maximum atomic E-state index is 12.9. The van der Waals surface area contributed by atoms with Crippen molar-refractivity contribution in [3.8, 4) is 0 Å². The molecule has 3 rings (SSSR count). The number of nitrogens with one attached hydrogen (secondary N) is 1. The molecule has 0 spiro atoms. The van der Waals surface area contributed by atoms with Gasteiger partial charge in [-0.25, -0.2) is 8.42 Å². The number of sulfonamides is 1. The molecule has 2 fully saturated rings. The van der Waals surface area contributed by atoms with Gasteiger partial charge in [0.05, 0.1) is 4.90 Å². The van der Waals surface area contributed by atoms with Gasteiger partial charge in [0.2, 0.25) is 10.0 Å². The van der Waals surface area contributed by atoms with E-state index in [0.29, 0.717) is 28.4 Å². The first-order valence-corrected chi connectivity index (χ1v) is 9.76. The average Bonchev–Trinajstić information content (AvgIpc) is 3.09. The van der Waals surface area contributed by atoms with Gasteiger partial charge in [-0.15, -0.1) is 0 Å². The van der Waals surface area contributed by atoms with E-state index in [4.69, 9.17) is 0 Å². The molecule has 116 valence electrons. The van der Waals surface area contributed by atoms with Gasteiger partial charge in [-0.3, -0.25) is 0 Å². The highest BCUT2D eigenvalue weighted by atomic mass is 79.9. The predicted octanol–water partition coefficient (Wildman–Crippen LogP) is 2.73. The fourth-order valence-corrected chi connectivity index (χ4v) is 6.14. The standard InChI is InChI=1S/C15H21BrN2O2S/c1-2-17-9-11-4-6-14(16)15(8-11)21(19,20)18-10-12-3-5-13(18)7-12/h4,6,8,12-13,17H,2-3,5,7,9-10H2,1H3. The highest BCUT2D eigenvalue weighted by Crippen LogP contribution is 2.41. The molecular formula is C15H21BrN2O2S. The number of hydrogen-bond acceptors (Lipinski definition) is 3. The smallest absolute Gasteiger partial charge is 0.244 e. The third-order valence-electron chi connectivity index (χ3n) is 4.52. The molecule has 1 saturated carbocycles. The molecule has 2 bridgehead atoms. The zero-order valence-electron chi connectivity index (χ0n) is 12.2. The van der Waals surface area contributed by atoms with E-state index < -0.39 is 10.0 Å². The Bertz CT molecular complexity index is 633. The summed E-state index contributed by atoms with van der Waals surface area (Å²) >= 11 is 3.41. The summed E-state index contributed by atoms with van der Waals surface area (Å²) in [6.45, 7) is 4.29. The number of benzene rings is 1. The molecule has 0 aromatic heterocycles. The van der Waals surface area contributed by atoms with Crippen LogP contribution in [0.15, 0.2) is 27.6 Å². The van der Waals surface area contributed by atoms with E-state index in [1.165, 1.54) is 6.42 Å². The molecule has 2 atom stereocenters. The Hall–Kier alpha value is -0.430. The maximum Gasteiger partial charge on any atom is 0.244 e. The normalized spacial score (nSPS) is 25.6. The quantitative estimate of drug-likeness (QED) is 0.864. The lowest BCUT2D eigenvalue weighted by molar-refractivity contribution is 0.333. The van der Waals surface area contributed by atoms with E-state index in [2.05, 4.69) is 21.2 Å². The van der Waals surface area contributed by atoms with E-state index in [1.807, 2.05) is 19.1 Å². The Balaban J connectivity index is 1.91. The van der Waals surface area contributed by atoms with Crippen molar-refractivity contribution in [1.82, 2.24) is 9.62 Å². The fourth-order valence-electron chi connectivity index (χ4n) is 3.42. The van der Waals surface area contributed by atoms with Crippen LogP contribution < -0.4 is 5.32 Å². The molecule has 1 heterocycles. The Kier molecular flexibility index (Phi) is 4.41. The molecule has 6 heteroatoms. The number of rotatable bonds is 5. The maximum absolute atomic E-state index is 12.9. The average molecular weight is 373 g/mol. The third kappa shape index (κ3) is 2.91. The van der Waals surface area contributed by atoms with E-state index in [1.54, 1.807) is 10.4 Å². The van der Waals surface area contributed by atoms with Crippen LogP contribution in [0.3, 0.4) is 0 Å². The molecule has 0 amide bonds. The van der Waals surface area contributed by atoms with E-state index >= 15 is 0 Å². The van der Waals surface area contributed by atoms with Gasteiger partial charge < -0.3 is 5.32 Å². The summed E-state index contributed by atoms with van der Waals surface area (Å²) in [5.74, 6) is 0.563. The first-order valence-electron chi connectivity index (χ1n) is 7.53. The largest absolute Gasteiger partial charge is 0.313 e. The lowest BCUT2D eigenvalue weighted by atomic mass is 10.1. The summed E-state index contributed by atoms with van der Waals surface area (Å²) in [4.78, 5) is 0.408. The zero-order valence-corrected chi connectivity index (χ0v) is 14.6. The van der Waals surface area contributed by atoms with Gasteiger partial charge in [-0.1, -0.05) is 13.0 Å².